The number of hydrogen-bond acceptors (Lipinski definition) is 7. The summed E-state index contributed by atoms with van der Waals surface area (Å²) in [6, 6.07) is 5.37. The van der Waals surface area contributed by atoms with Gasteiger partial charge in [-0.2, -0.15) is 0 Å². The lowest BCUT2D eigenvalue weighted by atomic mass is 9.96. The maximum Gasteiger partial charge on any atom is 0.262 e. The third-order valence-corrected chi connectivity index (χ3v) is 23.4. The molecule has 3 heterocycles. The highest BCUT2D eigenvalue weighted by atomic mass is 127. The lowest BCUT2D eigenvalue weighted by molar-refractivity contribution is -0.260. The fraction of sp³-hybridized carbons (Fsp3) is 0.704. The number of alkyl halides is 1. The van der Waals surface area contributed by atoms with Gasteiger partial charge < -0.3 is 23.8 Å². The Bertz CT molecular complexity index is 1060. The molecule has 0 spiro atoms. The summed E-state index contributed by atoms with van der Waals surface area (Å²) in [5.41, 5.74) is 0.914. The van der Waals surface area contributed by atoms with Gasteiger partial charge in [-0.15, -0.1) is 0 Å². The first-order valence-electron chi connectivity index (χ1n) is 13.5. The minimum Gasteiger partial charge on any atom is -0.451 e. The van der Waals surface area contributed by atoms with E-state index in [0.717, 1.165) is 4.90 Å². The zero-order chi connectivity index (χ0) is 28.6. The molecular weight excluding hydrogens is 633 g/mol. The lowest BCUT2D eigenvalue weighted by Crippen LogP contribution is -2.66. The van der Waals surface area contributed by atoms with Crippen molar-refractivity contribution in [3.8, 4) is 0 Å². The molecule has 0 radical (unpaired) electrons. The monoisotopic (exact) mass is 675 g/mol. The number of carbonyl (C=O) groups excluding carboxylic acids is 2. The molecular formula is C27H42INO7Si2. The highest BCUT2D eigenvalue weighted by molar-refractivity contribution is 14.1. The van der Waals surface area contributed by atoms with Crippen LogP contribution in [0.1, 0.15) is 76.1 Å². The maximum atomic E-state index is 13.7. The van der Waals surface area contributed by atoms with Crippen LogP contribution in [0, 0.1) is 0 Å². The summed E-state index contributed by atoms with van der Waals surface area (Å²) in [7, 11) is -4.81. The van der Waals surface area contributed by atoms with Crippen LogP contribution in [0.4, 0.5) is 0 Å². The molecule has 0 saturated carbocycles. The summed E-state index contributed by atoms with van der Waals surface area (Å²) < 4.78 is 19.9. The summed E-state index contributed by atoms with van der Waals surface area (Å²) >= 11 is 2.15. The third kappa shape index (κ3) is 3.48. The van der Waals surface area contributed by atoms with Crippen LogP contribution < -0.4 is 0 Å². The molecule has 4 rings (SSSR count). The summed E-state index contributed by atoms with van der Waals surface area (Å²) in [6.07, 6.45) is -1.90. The number of aliphatic hydroxyl groups is 2. The summed E-state index contributed by atoms with van der Waals surface area (Å²) in [5, 5.41) is 22.0. The number of imide groups is 1. The Morgan fingerprint density at radius 3 is 1.82 bits per heavy atom. The van der Waals surface area contributed by atoms with Gasteiger partial charge in [0.25, 0.3) is 20.1 Å². The Morgan fingerprint density at radius 1 is 0.974 bits per heavy atom. The number of ether oxygens (including phenoxy) is 2. The number of nitrogens with zero attached hydrogens (tertiary/aromatic N) is 1. The molecule has 8 nitrogen and oxygen atoms in total. The predicted molar refractivity (Wildman–Crippen MR) is 158 cm³/mol. The molecule has 3 aliphatic rings. The van der Waals surface area contributed by atoms with E-state index in [4.69, 9.17) is 13.6 Å². The predicted octanol–water partition coefficient (Wildman–Crippen LogP) is 4.56. The Hall–Kier alpha value is -0.676. The molecule has 6 atom stereocenters. The average Bonchev–Trinajstić information content (AvgIpc) is 3.19. The second-order valence-corrected chi connectivity index (χ2v) is 23.2. The van der Waals surface area contributed by atoms with Gasteiger partial charge in [-0.25, -0.2) is 0 Å². The molecule has 1 aromatic carbocycles. The molecule has 2 amide bonds. The highest BCUT2D eigenvalue weighted by Crippen LogP contribution is 2.71. The van der Waals surface area contributed by atoms with Gasteiger partial charge in [0.15, 0.2) is 14.6 Å². The van der Waals surface area contributed by atoms with Gasteiger partial charge in [-0.05, 0) is 34.3 Å². The standard InChI is InChI=1S/C27H42INO7Si2/c1-15(2)37(16(3)4,17(5)6)36-38(18(7)8)26(32)21(14-28)35-25(34-9)22(27(26,38)33)29-23(30)19-12-10-11-13-20(19)24(29)31/h10-13,15-18,21-22,25,32-33H,14H2,1-9H3/t21?,22-,25+,26-,27-,38?/m0/s1. The molecule has 0 aromatic heterocycles. The van der Waals surface area contributed by atoms with Crippen molar-refractivity contribution in [1.82, 2.24) is 4.90 Å². The first-order chi connectivity index (χ1) is 17.7. The van der Waals surface area contributed by atoms with Crippen LogP contribution >= 0.6 is 22.6 Å². The lowest BCUT2D eigenvalue weighted by Gasteiger charge is -2.47. The molecule has 38 heavy (non-hydrogen) atoms. The Labute approximate surface area is 241 Å². The Kier molecular flexibility index (Phi) is 7.97. The van der Waals surface area contributed by atoms with Crippen molar-refractivity contribution in [3.05, 3.63) is 35.4 Å². The Morgan fingerprint density at radius 2 is 1.45 bits per heavy atom. The number of benzene rings is 1. The van der Waals surface area contributed by atoms with E-state index >= 15 is 0 Å². The molecule has 212 valence electrons. The quantitative estimate of drug-likeness (QED) is 0.171. The second kappa shape index (κ2) is 10.00. The SMILES string of the molecule is CO[C@@H]1OC(CI)[C@@]2(O)[C@](O)([C@H]1N1C(=O)c3ccccc3C1=O)[Si]2(O[Si](C(C)C)(C(C)C)C(C)C)C(C)C. The van der Waals surface area contributed by atoms with Crippen LogP contribution in [0.3, 0.4) is 0 Å². The molecule has 2 unspecified atom stereocenters. The van der Waals surface area contributed by atoms with Crippen molar-refractivity contribution >= 4 is 51.0 Å². The fourth-order valence-corrected chi connectivity index (χ4v) is 25.4. The highest BCUT2D eigenvalue weighted by Gasteiger charge is 3.00. The van der Waals surface area contributed by atoms with E-state index in [1.807, 2.05) is 13.8 Å². The molecule has 0 aliphatic carbocycles. The van der Waals surface area contributed by atoms with Crippen LogP contribution in [-0.2, 0) is 13.6 Å². The van der Waals surface area contributed by atoms with E-state index in [1.165, 1.54) is 7.11 Å². The van der Waals surface area contributed by atoms with Gasteiger partial charge in [0.2, 0.25) is 0 Å². The van der Waals surface area contributed by atoms with Crippen LogP contribution in [0.5, 0.6) is 0 Å². The van der Waals surface area contributed by atoms with Crippen LogP contribution in [0.25, 0.3) is 0 Å². The van der Waals surface area contributed by atoms with E-state index in [0.29, 0.717) is 4.43 Å². The van der Waals surface area contributed by atoms with Gasteiger partial charge >= 0.3 is 0 Å². The number of carbonyl (C=O) groups is 2. The maximum absolute atomic E-state index is 13.7. The minimum absolute atomic E-state index is 0.204. The van der Waals surface area contributed by atoms with Gasteiger partial charge in [0, 0.05) is 11.5 Å². The van der Waals surface area contributed by atoms with Crippen molar-refractivity contribution in [3.63, 3.8) is 0 Å². The van der Waals surface area contributed by atoms with Crippen molar-refractivity contribution < 1.29 is 33.4 Å². The second-order valence-electron chi connectivity index (χ2n) is 12.2. The molecule has 2 fully saturated rings. The van der Waals surface area contributed by atoms with Crippen LogP contribution in [0.2, 0.25) is 22.2 Å². The number of amides is 2. The molecule has 3 aliphatic heterocycles. The smallest absolute Gasteiger partial charge is 0.262 e. The van der Waals surface area contributed by atoms with Crippen molar-refractivity contribution in [2.45, 2.75) is 106 Å². The van der Waals surface area contributed by atoms with E-state index in [2.05, 4.69) is 64.1 Å². The largest absolute Gasteiger partial charge is 0.451 e. The normalized spacial score (nSPS) is 35.1. The molecule has 2 N–H and O–H groups in total. The third-order valence-electron chi connectivity index (χ3n) is 9.44. The number of halogens is 1. The van der Waals surface area contributed by atoms with Crippen LogP contribution in [0.15, 0.2) is 24.3 Å². The average molecular weight is 676 g/mol. The van der Waals surface area contributed by atoms with Gasteiger partial charge in [0.05, 0.1) is 11.1 Å². The van der Waals surface area contributed by atoms with Crippen molar-refractivity contribution in [1.29, 1.82) is 0 Å². The minimum atomic E-state index is -3.62. The summed E-state index contributed by atoms with van der Waals surface area (Å²) in [4.78, 5) is 28.5. The van der Waals surface area contributed by atoms with E-state index < -0.39 is 57.3 Å². The fourth-order valence-electron chi connectivity index (χ4n) is 7.92. The van der Waals surface area contributed by atoms with Crippen molar-refractivity contribution in [2.75, 3.05) is 11.5 Å². The van der Waals surface area contributed by atoms with Gasteiger partial charge in [0.1, 0.15) is 22.6 Å². The zero-order valence-corrected chi connectivity index (χ0v) is 28.0. The first kappa shape index (κ1) is 30.3. The van der Waals surface area contributed by atoms with E-state index in [-0.39, 0.29) is 33.3 Å². The number of fused-ring (bicyclic) bond motifs is 2. The van der Waals surface area contributed by atoms with Crippen molar-refractivity contribution in [2.24, 2.45) is 0 Å². The number of hydrogen-bond donors (Lipinski definition) is 2. The summed E-state index contributed by atoms with van der Waals surface area (Å²) in [6.45, 7) is 17.0. The number of methoxy groups -OCH3 is 1. The molecule has 0 bridgehead atoms. The molecule has 1 aromatic rings. The molecule has 2 saturated heterocycles. The van der Waals surface area contributed by atoms with E-state index in [1.54, 1.807) is 24.3 Å². The van der Waals surface area contributed by atoms with Gasteiger partial charge in [-0.1, -0.05) is 90.1 Å². The Balaban J connectivity index is 1.97. The van der Waals surface area contributed by atoms with Crippen LogP contribution in [-0.4, -0.2) is 84.0 Å². The first-order valence-corrected chi connectivity index (χ1v) is 19.2. The van der Waals surface area contributed by atoms with E-state index in [9.17, 15) is 19.8 Å². The number of rotatable bonds is 9. The zero-order valence-electron chi connectivity index (χ0n) is 23.8. The molecule has 11 heteroatoms. The van der Waals surface area contributed by atoms with Gasteiger partial charge in [-0.3, -0.25) is 14.5 Å². The summed E-state index contributed by atoms with van der Waals surface area (Å²) in [5.74, 6) is -1.05. The topological polar surface area (TPSA) is 106 Å².